The molecule has 21 heavy (non-hydrogen) atoms. The number of rotatable bonds is 3. The van der Waals surface area contributed by atoms with Crippen LogP contribution in [0.4, 0.5) is 0 Å². The molecule has 1 atom stereocenters. The largest absolute Gasteiger partial charge is 0.491 e. The van der Waals surface area contributed by atoms with Gasteiger partial charge in [-0.05, 0) is 18.9 Å². The highest BCUT2D eigenvalue weighted by Crippen LogP contribution is 2.40. The summed E-state index contributed by atoms with van der Waals surface area (Å²) in [6.45, 7) is 0.414. The molecule has 4 N–H and O–H groups in total. The van der Waals surface area contributed by atoms with E-state index in [0.717, 1.165) is 24.2 Å². The van der Waals surface area contributed by atoms with Gasteiger partial charge in [-0.2, -0.15) is 0 Å². The summed E-state index contributed by atoms with van der Waals surface area (Å²) < 4.78 is 5.57. The zero-order valence-electron chi connectivity index (χ0n) is 11.7. The standard InChI is InChI=1S/C15H19N3O3/c16-13(18-20)15(7-3-4-8-15)14(19)17-11-9-21-12-6-2-1-5-10(11)12/h1-2,5-6,11,20H,3-4,7-9H2,(H2,16,18)(H,17,19). The summed E-state index contributed by atoms with van der Waals surface area (Å²) in [6.07, 6.45) is 3.04. The minimum atomic E-state index is -0.883. The molecular formula is C15H19N3O3. The van der Waals surface area contributed by atoms with Crippen LogP contribution < -0.4 is 15.8 Å². The van der Waals surface area contributed by atoms with Gasteiger partial charge in [-0.3, -0.25) is 4.79 Å². The Hall–Kier alpha value is -2.24. The molecule has 1 aromatic rings. The molecule has 3 rings (SSSR count). The maximum absolute atomic E-state index is 12.7. The number of nitrogens with two attached hydrogens (primary N) is 1. The summed E-state index contributed by atoms with van der Waals surface area (Å²) in [7, 11) is 0. The summed E-state index contributed by atoms with van der Waals surface area (Å²) in [6, 6.07) is 7.46. The third-order valence-corrected chi connectivity index (χ3v) is 4.50. The maximum Gasteiger partial charge on any atom is 0.234 e. The molecule has 1 heterocycles. The first-order chi connectivity index (χ1) is 10.2. The zero-order valence-corrected chi connectivity index (χ0v) is 11.7. The average Bonchev–Trinajstić information content (AvgIpc) is 3.15. The van der Waals surface area contributed by atoms with Crippen molar-refractivity contribution in [3.8, 4) is 5.75 Å². The van der Waals surface area contributed by atoms with Crippen LogP contribution in [0.15, 0.2) is 29.4 Å². The zero-order chi connectivity index (χ0) is 14.9. The summed E-state index contributed by atoms with van der Waals surface area (Å²) >= 11 is 0. The van der Waals surface area contributed by atoms with E-state index in [-0.39, 0.29) is 17.8 Å². The number of amides is 1. The van der Waals surface area contributed by atoms with Crippen molar-refractivity contribution in [2.75, 3.05) is 6.61 Å². The lowest BCUT2D eigenvalue weighted by atomic mass is 9.83. The summed E-state index contributed by atoms with van der Waals surface area (Å²) in [5, 5.41) is 15.1. The fraction of sp³-hybridized carbons (Fsp3) is 0.467. The Kier molecular flexibility index (Phi) is 3.45. The number of amidine groups is 1. The molecule has 0 aromatic heterocycles. The molecule has 6 nitrogen and oxygen atoms in total. The van der Waals surface area contributed by atoms with E-state index in [1.165, 1.54) is 0 Å². The second-order valence-electron chi connectivity index (χ2n) is 5.65. The van der Waals surface area contributed by atoms with Crippen LogP contribution in [0, 0.1) is 5.41 Å². The van der Waals surface area contributed by atoms with Crippen LogP contribution in [0.3, 0.4) is 0 Å². The van der Waals surface area contributed by atoms with Crippen molar-refractivity contribution < 1.29 is 14.7 Å². The average molecular weight is 289 g/mol. The van der Waals surface area contributed by atoms with Gasteiger partial charge >= 0.3 is 0 Å². The SMILES string of the molecule is NC(=NO)C1(C(=O)NC2COc3ccccc32)CCCC1. The molecule has 1 fully saturated rings. The van der Waals surface area contributed by atoms with Crippen molar-refractivity contribution in [3.05, 3.63) is 29.8 Å². The van der Waals surface area contributed by atoms with Crippen molar-refractivity contribution in [1.29, 1.82) is 0 Å². The van der Waals surface area contributed by atoms with E-state index in [0.29, 0.717) is 19.4 Å². The lowest BCUT2D eigenvalue weighted by Crippen LogP contribution is -2.49. The topological polar surface area (TPSA) is 96.9 Å². The Labute approximate surface area is 123 Å². The van der Waals surface area contributed by atoms with Gasteiger partial charge in [-0.25, -0.2) is 0 Å². The molecule has 1 unspecified atom stereocenters. The summed E-state index contributed by atoms with van der Waals surface area (Å²) in [4.78, 5) is 12.7. The highest BCUT2D eigenvalue weighted by molar-refractivity contribution is 6.07. The van der Waals surface area contributed by atoms with Gasteiger partial charge in [-0.1, -0.05) is 36.2 Å². The third kappa shape index (κ3) is 2.20. The molecule has 1 saturated carbocycles. The number of benzene rings is 1. The van der Waals surface area contributed by atoms with Crippen molar-refractivity contribution in [2.45, 2.75) is 31.7 Å². The van der Waals surface area contributed by atoms with Crippen LogP contribution in [0.25, 0.3) is 0 Å². The Morgan fingerprint density at radius 1 is 1.38 bits per heavy atom. The van der Waals surface area contributed by atoms with Crippen LogP contribution in [-0.2, 0) is 4.79 Å². The molecule has 0 bridgehead atoms. The first kappa shape index (κ1) is 13.7. The highest BCUT2D eigenvalue weighted by atomic mass is 16.5. The number of hydrogen-bond donors (Lipinski definition) is 3. The molecule has 6 heteroatoms. The predicted octanol–water partition coefficient (Wildman–Crippen LogP) is 1.54. The van der Waals surface area contributed by atoms with Gasteiger partial charge in [0.05, 0.1) is 6.04 Å². The fourth-order valence-corrected chi connectivity index (χ4v) is 3.25. The van der Waals surface area contributed by atoms with Crippen LogP contribution in [0.5, 0.6) is 5.75 Å². The fourth-order valence-electron chi connectivity index (χ4n) is 3.25. The van der Waals surface area contributed by atoms with E-state index in [1.807, 2.05) is 24.3 Å². The Morgan fingerprint density at radius 3 is 2.81 bits per heavy atom. The number of hydrogen-bond acceptors (Lipinski definition) is 4. The van der Waals surface area contributed by atoms with E-state index >= 15 is 0 Å². The molecule has 2 aliphatic rings. The van der Waals surface area contributed by atoms with Gasteiger partial charge in [0.15, 0.2) is 5.84 Å². The van der Waals surface area contributed by atoms with Crippen molar-refractivity contribution in [3.63, 3.8) is 0 Å². The van der Waals surface area contributed by atoms with Crippen molar-refractivity contribution in [2.24, 2.45) is 16.3 Å². The van der Waals surface area contributed by atoms with Crippen LogP contribution >= 0.6 is 0 Å². The number of carbonyl (C=O) groups is 1. The van der Waals surface area contributed by atoms with E-state index in [9.17, 15) is 4.79 Å². The monoisotopic (exact) mass is 289 g/mol. The highest BCUT2D eigenvalue weighted by Gasteiger charge is 2.46. The van der Waals surface area contributed by atoms with E-state index < -0.39 is 5.41 Å². The van der Waals surface area contributed by atoms with Crippen LogP contribution in [-0.4, -0.2) is 23.6 Å². The van der Waals surface area contributed by atoms with Gasteiger partial charge in [-0.15, -0.1) is 0 Å². The maximum atomic E-state index is 12.7. The van der Waals surface area contributed by atoms with Gasteiger partial charge in [0.1, 0.15) is 17.8 Å². The van der Waals surface area contributed by atoms with Crippen LogP contribution in [0.1, 0.15) is 37.3 Å². The van der Waals surface area contributed by atoms with Gasteiger partial charge in [0.25, 0.3) is 0 Å². The van der Waals surface area contributed by atoms with Gasteiger partial charge < -0.3 is 21.0 Å². The number of para-hydroxylation sites is 1. The number of ether oxygens (including phenoxy) is 1. The molecule has 0 spiro atoms. The molecule has 0 saturated heterocycles. The quantitative estimate of drug-likeness (QED) is 0.340. The molecule has 1 aliphatic carbocycles. The Bertz CT molecular complexity index is 579. The smallest absolute Gasteiger partial charge is 0.234 e. The number of oxime groups is 1. The van der Waals surface area contributed by atoms with E-state index in [1.54, 1.807) is 0 Å². The van der Waals surface area contributed by atoms with E-state index in [2.05, 4.69) is 10.5 Å². The van der Waals surface area contributed by atoms with E-state index in [4.69, 9.17) is 15.7 Å². The normalized spacial score (nSPS) is 23.4. The Morgan fingerprint density at radius 2 is 2.10 bits per heavy atom. The lowest BCUT2D eigenvalue weighted by molar-refractivity contribution is -0.128. The molecule has 1 amide bonds. The molecule has 1 aliphatic heterocycles. The Balaban J connectivity index is 1.80. The minimum absolute atomic E-state index is 0.00435. The first-order valence-corrected chi connectivity index (χ1v) is 7.18. The number of nitrogens with one attached hydrogen (secondary N) is 1. The predicted molar refractivity (Wildman–Crippen MR) is 77.1 cm³/mol. The number of carbonyl (C=O) groups excluding carboxylic acids is 1. The molecule has 112 valence electrons. The van der Waals surface area contributed by atoms with Crippen molar-refractivity contribution in [1.82, 2.24) is 5.32 Å². The number of fused-ring (bicyclic) bond motifs is 1. The first-order valence-electron chi connectivity index (χ1n) is 7.18. The summed E-state index contributed by atoms with van der Waals surface area (Å²) in [5.41, 5.74) is 5.88. The minimum Gasteiger partial charge on any atom is -0.491 e. The van der Waals surface area contributed by atoms with Crippen molar-refractivity contribution >= 4 is 11.7 Å². The molecule has 1 aromatic carbocycles. The number of nitrogens with zero attached hydrogens (tertiary/aromatic N) is 1. The van der Waals surface area contributed by atoms with Gasteiger partial charge in [0, 0.05) is 5.56 Å². The third-order valence-electron chi connectivity index (χ3n) is 4.50. The lowest BCUT2D eigenvalue weighted by Gasteiger charge is -2.27. The summed E-state index contributed by atoms with van der Waals surface area (Å²) in [5.74, 6) is 0.623. The molecule has 0 radical (unpaired) electrons. The van der Waals surface area contributed by atoms with Gasteiger partial charge in [0.2, 0.25) is 5.91 Å². The second kappa shape index (κ2) is 5.27. The van der Waals surface area contributed by atoms with Crippen LogP contribution in [0.2, 0.25) is 0 Å². The molecular weight excluding hydrogens is 270 g/mol. The second-order valence-corrected chi connectivity index (χ2v) is 5.65.